The number of aromatic hydroxyl groups is 2. The molecule has 1 heterocycles. The van der Waals surface area contributed by atoms with Gasteiger partial charge >= 0.3 is 6.01 Å². The standard InChI is InChI=1S/C37H43N3O4/c1-4-7-9-14-20-43-37-39-35(31-21-26-16-10-11-17-28(26)29-18-12-13-19-30(29)31)38-36(40-37)34-32(41)22-27(23-33(34)42)44-24-25(6-3)15-8-5-2/h10-13,16-19,21-23,25,41-42H,4-9,14-15,20,24H2,1-3H3. The van der Waals surface area contributed by atoms with Crippen molar-refractivity contribution in [3.05, 3.63) is 66.7 Å². The number of aromatic nitrogens is 3. The summed E-state index contributed by atoms with van der Waals surface area (Å²) < 4.78 is 12.0. The molecule has 0 fully saturated rings. The van der Waals surface area contributed by atoms with E-state index >= 15 is 0 Å². The monoisotopic (exact) mass is 593 g/mol. The first kappa shape index (κ1) is 31.0. The molecule has 0 aliphatic heterocycles. The fourth-order valence-electron chi connectivity index (χ4n) is 5.60. The van der Waals surface area contributed by atoms with Gasteiger partial charge in [-0.25, -0.2) is 4.98 Å². The largest absolute Gasteiger partial charge is 0.507 e. The summed E-state index contributed by atoms with van der Waals surface area (Å²) in [6.07, 6.45) is 8.57. The smallest absolute Gasteiger partial charge is 0.320 e. The third kappa shape index (κ3) is 7.21. The molecule has 0 radical (unpaired) electrons. The zero-order chi connectivity index (χ0) is 30.9. The predicted molar refractivity (Wildman–Crippen MR) is 177 cm³/mol. The number of rotatable bonds is 15. The Morgan fingerprint density at radius 1 is 0.682 bits per heavy atom. The molecule has 1 unspecified atom stereocenters. The minimum atomic E-state index is -0.170. The van der Waals surface area contributed by atoms with Crippen molar-refractivity contribution >= 4 is 21.5 Å². The van der Waals surface area contributed by atoms with Gasteiger partial charge in [0.15, 0.2) is 11.6 Å². The van der Waals surface area contributed by atoms with Crippen LogP contribution in [0.5, 0.6) is 23.3 Å². The van der Waals surface area contributed by atoms with Gasteiger partial charge in [-0.2, -0.15) is 9.97 Å². The molecule has 7 nitrogen and oxygen atoms in total. The maximum absolute atomic E-state index is 11.1. The Labute approximate surface area is 259 Å². The number of ether oxygens (including phenoxy) is 2. The van der Waals surface area contributed by atoms with Crippen LogP contribution in [0.1, 0.15) is 72.1 Å². The van der Waals surface area contributed by atoms with Gasteiger partial charge in [-0.15, -0.1) is 0 Å². The summed E-state index contributed by atoms with van der Waals surface area (Å²) in [5.41, 5.74) is 0.926. The van der Waals surface area contributed by atoms with Crippen LogP contribution in [-0.4, -0.2) is 38.4 Å². The van der Waals surface area contributed by atoms with E-state index < -0.39 is 0 Å². The van der Waals surface area contributed by atoms with Crippen LogP contribution < -0.4 is 9.47 Å². The van der Waals surface area contributed by atoms with Crippen LogP contribution in [0, 0.1) is 5.92 Å². The molecule has 44 heavy (non-hydrogen) atoms. The first-order valence-corrected chi connectivity index (χ1v) is 16.0. The summed E-state index contributed by atoms with van der Waals surface area (Å²) in [5.74, 6) is 1.01. The number of phenolic OH excluding ortho intramolecular Hbond substituents is 2. The molecule has 0 aliphatic rings. The van der Waals surface area contributed by atoms with E-state index in [4.69, 9.17) is 19.4 Å². The summed E-state index contributed by atoms with van der Waals surface area (Å²) in [5, 5.41) is 26.6. The second kappa shape index (κ2) is 14.9. The molecule has 4 aromatic carbocycles. The van der Waals surface area contributed by atoms with E-state index in [2.05, 4.69) is 56.1 Å². The predicted octanol–water partition coefficient (Wildman–Crippen LogP) is 9.48. The van der Waals surface area contributed by atoms with Gasteiger partial charge in [-0.05, 0) is 46.4 Å². The Morgan fingerprint density at radius 3 is 2.09 bits per heavy atom. The number of phenols is 2. The lowest BCUT2D eigenvalue weighted by Gasteiger charge is -2.17. The molecule has 0 saturated carbocycles. The fourth-order valence-corrected chi connectivity index (χ4v) is 5.60. The summed E-state index contributed by atoms with van der Waals surface area (Å²) in [4.78, 5) is 14.1. The fraction of sp³-hybridized carbons (Fsp3) is 0.378. The molecule has 0 bridgehead atoms. The topological polar surface area (TPSA) is 97.6 Å². The molecule has 230 valence electrons. The number of hydrogen-bond donors (Lipinski definition) is 2. The number of fused-ring (bicyclic) bond motifs is 3. The van der Waals surface area contributed by atoms with Crippen molar-refractivity contribution in [1.82, 2.24) is 15.0 Å². The second-order valence-corrected chi connectivity index (χ2v) is 11.4. The van der Waals surface area contributed by atoms with Gasteiger partial charge in [0.2, 0.25) is 0 Å². The summed E-state index contributed by atoms with van der Waals surface area (Å²) in [7, 11) is 0. The molecule has 0 amide bonds. The quantitative estimate of drug-likeness (QED) is 0.0921. The van der Waals surface area contributed by atoms with Gasteiger partial charge in [0.05, 0.1) is 13.2 Å². The van der Waals surface area contributed by atoms with Gasteiger partial charge in [0.25, 0.3) is 0 Å². The number of unbranched alkanes of at least 4 members (excludes halogenated alkanes) is 4. The highest BCUT2D eigenvalue weighted by molar-refractivity contribution is 6.13. The number of hydrogen-bond acceptors (Lipinski definition) is 7. The molecule has 0 spiro atoms. The zero-order valence-electron chi connectivity index (χ0n) is 26.1. The van der Waals surface area contributed by atoms with Gasteiger partial charge in [-0.3, -0.25) is 0 Å². The highest BCUT2D eigenvalue weighted by Crippen LogP contribution is 2.41. The highest BCUT2D eigenvalue weighted by atomic mass is 16.5. The first-order valence-electron chi connectivity index (χ1n) is 16.0. The van der Waals surface area contributed by atoms with Gasteiger partial charge < -0.3 is 19.7 Å². The van der Waals surface area contributed by atoms with Crippen LogP contribution in [0.2, 0.25) is 0 Å². The summed E-state index contributed by atoms with van der Waals surface area (Å²) in [6.45, 7) is 7.49. The Hall–Kier alpha value is -4.39. The third-order valence-corrected chi connectivity index (χ3v) is 8.18. The van der Waals surface area contributed by atoms with Crippen LogP contribution in [-0.2, 0) is 0 Å². The van der Waals surface area contributed by atoms with E-state index in [0.717, 1.165) is 78.5 Å². The zero-order valence-corrected chi connectivity index (χ0v) is 26.1. The lowest BCUT2D eigenvalue weighted by atomic mass is 9.97. The maximum atomic E-state index is 11.1. The lowest BCUT2D eigenvalue weighted by Crippen LogP contribution is -2.11. The van der Waals surface area contributed by atoms with Gasteiger partial charge in [-0.1, -0.05) is 108 Å². The molecular formula is C37H43N3O4. The van der Waals surface area contributed by atoms with Crippen LogP contribution in [0.3, 0.4) is 0 Å². The van der Waals surface area contributed by atoms with Crippen LogP contribution in [0.4, 0.5) is 0 Å². The van der Waals surface area contributed by atoms with E-state index in [1.807, 2.05) is 24.3 Å². The molecule has 0 aliphatic carbocycles. The minimum Gasteiger partial charge on any atom is -0.507 e. The van der Waals surface area contributed by atoms with Crippen molar-refractivity contribution in [2.75, 3.05) is 13.2 Å². The second-order valence-electron chi connectivity index (χ2n) is 11.4. The van der Waals surface area contributed by atoms with Crippen molar-refractivity contribution in [3.63, 3.8) is 0 Å². The van der Waals surface area contributed by atoms with E-state index in [1.54, 1.807) is 0 Å². The molecule has 1 aromatic heterocycles. The van der Waals surface area contributed by atoms with E-state index in [9.17, 15) is 10.2 Å². The average molecular weight is 594 g/mol. The molecule has 5 rings (SSSR count). The summed E-state index contributed by atoms with van der Waals surface area (Å²) >= 11 is 0. The van der Waals surface area contributed by atoms with E-state index in [0.29, 0.717) is 30.7 Å². The van der Waals surface area contributed by atoms with Gasteiger partial charge in [0, 0.05) is 17.7 Å². The molecule has 0 saturated heterocycles. The SMILES string of the molecule is CCCCCCOc1nc(-c2c(O)cc(OCC(CC)CCCC)cc2O)nc(-c2cc3ccccc3c3ccccc23)n1. The molecule has 1 atom stereocenters. The normalized spacial score (nSPS) is 12.1. The van der Waals surface area contributed by atoms with E-state index in [1.165, 1.54) is 12.1 Å². The van der Waals surface area contributed by atoms with Crippen molar-refractivity contribution in [2.45, 2.75) is 72.1 Å². The molecule has 5 aromatic rings. The van der Waals surface area contributed by atoms with Crippen molar-refractivity contribution in [3.8, 4) is 46.0 Å². The maximum Gasteiger partial charge on any atom is 0.320 e. The average Bonchev–Trinajstić information content (AvgIpc) is 3.04. The van der Waals surface area contributed by atoms with Crippen LogP contribution in [0.15, 0.2) is 66.7 Å². The van der Waals surface area contributed by atoms with Gasteiger partial charge in [0.1, 0.15) is 22.8 Å². The van der Waals surface area contributed by atoms with Crippen molar-refractivity contribution < 1.29 is 19.7 Å². The van der Waals surface area contributed by atoms with Crippen molar-refractivity contribution in [2.24, 2.45) is 5.92 Å². The Morgan fingerprint density at radius 2 is 1.36 bits per heavy atom. The lowest BCUT2D eigenvalue weighted by molar-refractivity contribution is 0.232. The number of benzene rings is 4. The molecule has 7 heteroatoms. The highest BCUT2D eigenvalue weighted by Gasteiger charge is 2.21. The minimum absolute atomic E-state index is 0.111. The number of nitrogens with zero attached hydrogens (tertiary/aromatic N) is 3. The molecular weight excluding hydrogens is 550 g/mol. The molecule has 2 N–H and O–H groups in total. The first-order chi connectivity index (χ1) is 21.5. The Bertz CT molecular complexity index is 1680. The summed E-state index contributed by atoms with van der Waals surface area (Å²) in [6, 6.07) is 21.6. The Kier molecular flexibility index (Phi) is 10.5. The van der Waals surface area contributed by atoms with Crippen molar-refractivity contribution in [1.29, 1.82) is 0 Å². The van der Waals surface area contributed by atoms with Crippen LogP contribution in [0.25, 0.3) is 44.3 Å². The van der Waals surface area contributed by atoms with Crippen LogP contribution >= 0.6 is 0 Å². The third-order valence-electron chi connectivity index (χ3n) is 8.18. The van der Waals surface area contributed by atoms with E-state index in [-0.39, 0.29) is 28.9 Å². The Balaban J connectivity index is 1.55.